The molecule has 1 aliphatic rings. The average molecular weight is 264 g/mol. The van der Waals surface area contributed by atoms with Crippen molar-refractivity contribution in [3.63, 3.8) is 0 Å². The first-order valence-corrected chi connectivity index (χ1v) is 7.06. The van der Waals surface area contributed by atoms with E-state index in [9.17, 15) is 5.11 Å². The van der Waals surface area contributed by atoms with Crippen LogP contribution in [0.1, 0.15) is 25.6 Å². The second-order valence-corrected chi connectivity index (χ2v) is 5.28. The normalized spacial score (nSPS) is 19.6. The van der Waals surface area contributed by atoms with Crippen LogP contribution in [0.25, 0.3) is 0 Å². The number of hydrogen-bond acceptors (Lipinski definition) is 5. The van der Waals surface area contributed by atoms with E-state index in [4.69, 9.17) is 0 Å². The molecule has 0 aromatic carbocycles. The average Bonchev–Trinajstić information content (AvgIpc) is 2.45. The highest BCUT2D eigenvalue weighted by Gasteiger charge is 2.21. The summed E-state index contributed by atoms with van der Waals surface area (Å²) in [6, 6.07) is 2.05. The molecular formula is C14H24N4O. The lowest BCUT2D eigenvalue weighted by molar-refractivity contribution is 0.208. The van der Waals surface area contributed by atoms with Crippen molar-refractivity contribution in [1.82, 2.24) is 9.97 Å². The Morgan fingerprint density at radius 1 is 1.47 bits per heavy atom. The van der Waals surface area contributed by atoms with E-state index >= 15 is 0 Å². The molecule has 1 unspecified atom stereocenters. The van der Waals surface area contributed by atoms with E-state index in [-0.39, 0.29) is 6.61 Å². The quantitative estimate of drug-likeness (QED) is 0.892. The predicted octanol–water partition coefficient (Wildman–Crippen LogP) is 1.45. The van der Waals surface area contributed by atoms with Crippen LogP contribution in [-0.4, -0.2) is 48.4 Å². The van der Waals surface area contributed by atoms with E-state index in [0.717, 1.165) is 49.9 Å². The maximum Gasteiger partial charge on any atom is 0.134 e. The minimum absolute atomic E-state index is 0.266. The van der Waals surface area contributed by atoms with Crippen LogP contribution < -0.4 is 9.80 Å². The molecule has 0 bridgehead atoms. The first-order chi connectivity index (χ1) is 9.13. The highest BCUT2D eigenvalue weighted by Crippen LogP contribution is 2.24. The third-order valence-electron chi connectivity index (χ3n) is 3.78. The Balaban J connectivity index is 2.21. The molecule has 19 heavy (non-hydrogen) atoms. The van der Waals surface area contributed by atoms with E-state index < -0.39 is 0 Å². The van der Waals surface area contributed by atoms with Crippen LogP contribution in [0.5, 0.6) is 0 Å². The second-order valence-electron chi connectivity index (χ2n) is 5.28. The highest BCUT2D eigenvalue weighted by atomic mass is 16.3. The van der Waals surface area contributed by atoms with Crippen LogP contribution in [0.15, 0.2) is 6.07 Å². The Hall–Kier alpha value is -1.36. The molecule has 1 N–H and O–H groups in total. The third-order valence-corrected chi connectivity index (χ3v) is 3.78. The molecule has 0 saturated carbocycles. The van der Waals surface area contributed by atoms with E-state index in [2.05, 4.69) is 32.8 Å². The van der Waals surface area contributed by atoms with Gasteiger partial charge >= 0.3 is 0 Å². The molecule has 2 heterocycles. The van der Waals surface area contributed by atoms with Gasteiger partial charge in [0.05, 0.1) is 0 Å². The summed E-state index contributed by atoms with van der Waals surface area (Å²) in [5.41, 5.74) is 0. The van der Waals surface area contributed by atoms with Crippen molar-refractivity contribution in [1.29, 1.82) is 0 Å². The molecule has 1 aliphatic heterocycles. The van der Waals surface area contributed by atoms with Crippen molar-refractivity contribution < 1.29 is 5.11 Å². The van der Waals surface area contributed by atoms with E-state index in [1.807, 2.05) is 14.0 Å². The van der Waals surface area contributed by atoms with Crippen LogP contribution in [-0.2, 0) is 0 Å². The van der Waals surface area contributed by atoms with Crippen molar-refractivity contribution in [3.8, 4) is 0 Å². The Bertz CT molecular complexity index is 424. The SMILES string of the molecule is CCN(C)c1cc(N2CCCC(CO)C2)nc(C)n1. The number of anilines is 2. The second kappa shape index (κ2) is 6.19. The van der Waals surface area contributed by atoms with Gasteiger partial charge in [0.1, 0.15) is 17.5 Å². The molecule has 0 aliphatic carbocycles. The molecule has 0 radical (unpaired) electrons. The van der Waals surface area contributed by atoms with Gasteiger partial charge in [-0.1, -0.05) is 0 Å². The molecule has 2 rings (SSSR count). The van der Waals surface area contributed by atoms with Crippen molar-refractivity contribution in [2.75, 3.05) is 43.1 Å². The fourth-order valence-electron chi connectivity index (χ4n) is 2.48. The largest absolute Gasteiger partial charge is 0.396 e. The number of nitrogens with zero attached hydrogens (tertiary/aromatic N) is 4. The van der Waals surface area contributed by atoms with Gasteiger partial charge in [-0.3, -0.25) is 0 Å². The van der Waals surface area contributed by atoms with Crippen molar-refractivity contribution in [2.45, 2.75) is 26.7 Å². The van der Waals surface area contributed by atoms with E-state index in [1.54, 1.807) is 0 Å². The lowest BCUT2D eigenvalue weighted by Gasteiger charge is -2.33. The summed E-state index contributed by atoms with van der Waals surface area (Å²) in [5, 5.41) is 9.32. The van der Waals surface area contributed by atoms with E-state index in [1.165, 1.54) is 0 Å². The van der Waals surface area contributed by atoms with E-state index in [0.29, 0.717) is 5.92 Å². The van der Waals surface area contributed by atoms with Crippen LogP contribution in [0.4, 0.5) is 11.6 Å². The standard InChI is InChI=1S/C14H24N4O/c1-4-17(3)13-8-14(16-11(2)15-13)18-7-5-6-12(9-18)10-19/h8,12,19H,4-7,9-10H2,1-3H3. The lowest BCUT2D eigenvalue weighted by atomic mass is 9.99. The number of aliphatic hydroxyl groups is 1. The molecule has 0 amide bonds. The summed E-state index contributed by atoms with van der Waals surface area (Å²) in [4.78, 5) is 13.4. The number of hydrogen-bond donors (Lipinski definition) is 1. The Kier molecular flexibility index (Phi) is 4.58. The topological polar surface area (TPSA) is 52.5 Å². The number of aliphatic hydroxyl groups excluding tert-OH is 1. The predicted molar refractivity (Wildman–Crippen MR) is 77.7 cm³/mol. The minimum Gasteiger partial charge on any atom is -0.396 e. The van der Waals surface area contributed by atoms with Gasteiger partial charge in [-0.15, -0.1) is 0 Å². The summed E-state index contributed by atoms with van der Waals surface area (Å²) >= 11 is 0. The van der Waals surface area contributed by atoms with Gasteiger partial charge in [0.2, 0.25) is 0 Å². The van der Waals surface area contributed by atoms with Crippen molar-refractivity contribution in [2.24, 2.45) is 5.92 Å². The Morgan fingerprint density at radius 3 is 2.95 bits per heavy atom. The molecule has 1 saturated heterocycles. The fraction of sp³-hybridized carbons (Fsp3) is 0.714. The molecule has 0 spiro atoms. The Labute approximate surface area is 115 Å². The smallest absolute Gasteiger partial charge is 0.134 e. The monoisotopic (exact) mass is 264 g/mol. The maximum absolute atomic E-state index is 9.32. The van der Waals surface area contributed by atoms with Crippen LogP contribution in [0.2, 0.25) is 0 Å². The van der Waals surface area contributed by atoms with Gasteiger partial charge in [0.25, 0.3) is 0 Å². The van der Waals surface area contributed by atoms with Crippen LogP contribution in [0.3, 0.4) is 0 Å². The maximum atomic E-state index is 9.32. The van der Waals surface area contributed by atoms with Gasteiger partial charge in [0, 0.05) is 39.4 Å². The van der Waals surface area contributed by atoms with Crippen molar-refractivity contribution in [3.05, 3.63) is 11.9 Å². The van der Waals surface area contributed by atoms with Gasteiger partial charge in [-0.05, 0) is 32.6 Å². The zero-order valence-corrected chi connectivity index (χ0v) is 12.1. The number of rotatable bonds is 4. The first-order valence-electron chi connectivity index (χ1n) is 7.06. The molecule has 106 valence electrons. The minimum atomic E-state index is 0.266. The summed E-state index contributed by atoms with van der Waals surface area (Å²) in [7, 11) is 2.04. The first kappa shape index (κ1) is 14.1. The van der Waals surface area contributed by atoms with Gasteiger partial charge in [-0.25, -0.2) is 9.97 Å². The summed E-state index contributed by atoms with van der Waals surface area (Å²) in [6.07, 6.45) is 2.23. The fourth-order valence-corrected chi connectivity index (χ4v) is 2.48. The summed E-state index contributed by atoms with van der Waals surface area (Å²) in [6.45, 7) is 7.14. The highest BCUT2D eigenvalue weighted by molar-refractivity contribution is 5.50. The number of aromatic nitrogens is 2. The molecule has 1 fully saturated rings. The van der Waals surface area contributed by atoms with Gasteiger partial charge in [0.15, 0.2) is 0 Å². The zero-order chi connectivity index (χ0) is 13.8. The third kappa shape index (κ3) is 3.35. The molecule has 5 nitrogen and oxygen atoms in total. The number of piperidine rings is 1. The molecule has 1 atom stereocenters. The van der Waals surface area contributed by atoms with Crippen molar-refractivity contribution >= 4 is 11.6 Å². The molecular weight excluding hydrogens is 240 g/mol. The van der Waals surface area contributed by atoms with Gasteiger partial charge < -0.3 is 14.9 Å². The zero-order valence-electron chi connectivity index (χ0n) is 12.1. The Morgan fingerprint density at radius 2 is 2.26 bits per heavy atom. The summed E-state index contributed by atoms with van der Waals surface area (Å²) < 4.78 is 0. The van der Waals surface area contributed by atoms with Crippen LogP contribution >= 0.6 is 0 Å². The number of aryl methyl sites for hydroxylation is 1. The molecule has 1 aromatic rings. The lowest BCUT2D eigenvalue weighted by Crippen LogP contribution is -2.37. The van der Waals surface area contributed by atoms with Gasteiger partial charge in [-0.2, -0.15) is 0 Å². The summed E-state index contributed by atoms with van der Waals surface area (Å²) in [5.74, 6) is 3.13. The van der Waals surface area contributed by atoms with Crippen LogP contribution in [0, 0.1) is 12.8 Å². The molecule has 1 aromatic heterocycles. The molecule has 5 heteroatoms.